The molecule has 0 aromatic carbocycles. The number of carboxylic acid groups (broad SMARTS) is 1. The Balaban J connectivity index is 1.59. The molecule has 7 nitrogen and oxygen atoms in total. The number of hydrogen-bond donors (Lipinski definition) is 2. The van der Waals surface area contributed by atoms with Crippen LogP contribution in [0.3, 0.4) is 0 Å². The van der Waals surface area contributed by atoms with Gasteiger partial charge >= 0.3 is 6.09 Å². The molecule has 0 bridgehead atoms. The molecule has 0 atom stereocenters. The molecule has 0 radical (unpaired) electrons. The second-order valence-corrected chi connectivity index (χ2v) is 5.66. The van der Waals surface area contributed by atoms with Crippen LogP contribution < -0.4 is 5.32 Å². The molecule has 0 aliphatic carbocycles. The van der Waals surface area contributed by atoms with Crippen LogP contribution in [0, 0.1) is 0 Å². The van der Waals surface area contributed by atoms with E-state index in [4.69, 9.17) is 9.84 Å². The van der Waals surface area contributed by atoms with Crippen molar-refractivity contribution in [1.82, 2.24) is 15.1 Å². The highest BCUT2D eigenvalue weighted by Crippen LogP contribution is 2.12. The van der Waals surface area contributed by atoms with E-state index in [2.05, 4.69) is 10.2 Å². The van der Waals surface area contributed by atoms with Gasteiger partial charge in [0.2, 0.25) is 5.91 Å². The smallest absolute Gasteiger partial charge is 0.404 e. The molecule has 0 saturated carbocycles. The number of piperidine rings is 1. The molecule has 2 amide bonds. The number of amides is 2. The molecular formula is C14H25N3O4. The summed E-state index contributed by atoms with van der Waals surface area (Å²) in [6.07, 6.45) is 1.90. The van der Waals surface area contributed by atoms with Crippen LogP contribution in [-0.2, 0) is 9.53 Å². The maximum Gasteiger partial charge on any atom is 0.404 e. The van der Waals surface area contributed by atoms with E-state index >= 15 is 0 Å². The molecular weight excluding hydrogens is 274 g/mol. The average molecular weight is 299 g/mol. The van der Waals surface area contributed by atoms with Crippen molar-refractivity contribution >= 4 is 12.0 Å². The van der Waals surface area contributed by atoms with Crippen molar-refractivity contribution in [3.8, 4) is 0 Å². The predicted octanol–water partition coefficient (Wildman–Crippen LogP) is 0.357. The third-order valence-electron chi connectivity index (χ3n) is 4.14. The van der Waals surface area contributed by atoms with Gasteiger partial charge in [0.05, 0.1) is 13.2 Å². The van der Waals surface area contributed by atoms with Crippen LogP contribution in [0.2, 0.25) is 0 Å². The number of hydrogen-bond acceptors (Lipinski definition) is 4. The Morgan fingerprint density at radius 1 is 1.14 bits per heavy atom. The first-order chi connectivity index (χ1) is 10.1. The minimum absolute atomic E-state index is 0.0140. The quantitative estimate of drug-likeness (QED) is 0.766. The zero-order chi connectivity index (χ0) is 15.1. The number of carbonyl (C=O) groups is 2. The van der Waals surface area contributed by atoms with Gasteiger partial charge in [-0.25, -0.2) is 4.79 Å². The van der Waals surface area contributed by atoms with E-state index in [-0.39, 0.29) is 11.9 Å². The van der Waals surface area contributed by atoms with E-state index in [0.29, 0.717) is 32.4 Å². The zero-order valence-corrected chi connectivity index (χ0v) is 12.4. The fourth-order valence-corrected chi connectivity index (χ4v) is 2.88. The fourth-order valence-electron chi connectivity index (χ4n) is 2.88. The first-order valence-electron chi connectivity index (χ1n) is 7.72. The van der Waals surface area contributed by atoms with Crippen LogP contribution in [-0.4, -0.2) is 78.9 Å². The number of morpholine rings is 1. The van der Waals surface area contributed by atoms with Gasteiger partial charge in [-0.05, 0) is 25.8 Å². The molecule has 21 heavy (non-hydrogen) atoms. The highest BCUT2D eigenvalue weighted by atomic mass is 16.5. The normalized spacial score (nSPS) is 21.2. The lowest BCUT2D eigenvalue weighted by Gasteiger charge is -2.32. The standard InChI is InChI=1S/C14H25N3O4/c18-13(2-1-5-16-8-10-21-11-9-16)17-6-3-12(4-7-17)15-14(19)20/h12,15H,1-11H2,(H,19,20). The lowest BCUT2D eigenvalue weighted by molar-refractivity contribution is -0.132. The van der Waals surface area contributed by atoms with E-state index < -0.39 is 6.09 Å². The summed E-state index contributed by atoms with van der Waals surface area (Å²) < 4.78 is 5.30. The van der Waals surface area contributed by atoms with Crippen molar-refractivity contribution in [2.24, 2.45) is 0 Å². The van der Waals surface area contributed by atoms with Crippen molar-refractivity contribution < 1.29 is 19.4 Å². The second-order valence-electron chi connectivity index (χ2n) is 5.66. The molecule has 2 rings (SSSR count). The van der Waals surface area contributed by atoms with Gasteiger partial charge in [0.25, 0.3) is 0 Å². The monoisotopic (exact) mass is 299 g/mol. The van der Waals surface area contributed by atoms with Crippen molar-refractivity contribution in [1.29, 1.82) is 0 Å². The Labute approximate surface area is 125 Å². The number of likely N-dealkylation sites (tertiary alicyclic amines) is 1. The Bertz CT molecular complexity index is 350. The van der Waals surface area contributed by atoms with Gasteiger partial charge < -0.3 is 20.1 Å². The third kappa shape index (κ3) is 5.51. The molecule has 2 fully saturated rings. The number of nitrogens with zero attached hydrogens (tertiary/aromatic N) is 2. The van der Waals surface area contributed by atoms with Gasteiger partial charge in [0.1, 0.15) is 0 Å². The molecule has 2 saturated heterocycles. The van der Waals surface area contributed by atoms with Gasteiger partial charge in [-0.3, -0.25) is 9.69 Å². The van der Waals surface area contributed by atoms with E-state index in [1.807, 2.05) is 4.90 Å². The Kier molecular flexibility index (Phi) is 6.25. The van der Waals surface area contributed by atoms with Crippen LogP contribution in [0.15, 0.2) is 0 Å². The van der Waals surface area contributed by atoms with Gasteiger partial charge in [0, 0.05) is 38.6 Å². The number of ether oxygens (including phenoxy) is 1. The summed E-state index contributed by atoms with van der Waals surface area (Å²) in [5, 5.41) is 11.2. The number of nitrogens with one attached hydrogen (secondary N) is 1. The molecule has 2 N–H and O–H groups in total. The Morgan fingerprint density at radius 2 is 1.81 bits per heavy atom. The van der Waals surface area contributed by atoms with Crippen molar-refractivity contribution in [3.05, 3.63) is 0 Å². The largest absolute Gasteiger partial charge is 0.465 e. The molecule has 7 heteroatoms. The van der Waals surface area contributed by atoms with E-state index in [1.54, 1.807) is 0 Å². The van der Waals surface area contributed by atoms with E-state index in [0.717, 1.165) is 39.3 Å². The van der Waals surface area contributed by atoms with Gasteiger partial charge in [-0.15, -0.1) is 0 Å². The maximum absolute atomic E-state index is 12.1. The van der Waals surface area contributed by atoms with Crippen molar-refractivity contribution in [2.45, 2.75) is 31.7 Å². The SMILES string of the molecule is O=C(O)NC1CCN(C(=O)CCCN2CCOCC2)CC1. The van der Waals surface area contributed by atoms with Crippen LogP contribution in [0.25, 0.3) is 0 Å². The zero-order valence-electron chi connectivity index (χ0n) is 12.4. The van der Waals surface area contributed by atoms with Gasteiger partial charge in [0.15, 0.2) is 0 Å². The summed E-state index contributed by atoms with van der Waals surface area (Å²) in [6, 6.07) is -0.0140. The third-order valence-corrected chi connectivity index (χ3v) is 4.14. The molecule has 0 aromatic heterocycles. The molecule has 2 aliphatic heterocycles. The topological polar surface area (TPSA) is 82.1 Å². The molecule has 120 valence electrons. The molecule has 0 spiro atoms. The maximum atomic E-state index is 12.1. The van der Waals surface area contributed by atoms with Gasteiger partial charge in [-0.1, -0.05) is 0 Å². The van der Waals surface area contributed by atoms with Crippen LogP contribution in [0.5, 0.6) is 0 Å². The molecule has 2 heterocycles. The lowest BCUT2D eigenvalue weighted by atomic mass is 10.0. The lowest BCUT2D eigenvalue weighted by Crippen LogP contribution is -2.46. The van der Waals surface area contributed by atoms with E-state index in [9.17, 15) is 9.59 Å². The van der Waals surface area contributed by atoms with Crippen molar-refractivity contribution in [3.63, 3.8) is 0 Å². The van der Waals surface area contributed by atoms with Gasteiger partial charge in [-0.2, -0.15) is 0 Å². The highest BCUT2D eigenvalue weighted by molar-refractivity contribution is 5.76. The minimum Gasteiger partial charge on any atom is -0.465 e. The summed E-state index contributed by atoms with van der Waals surface area (Å²) in [4.78, 5) is 26.9. The fraction of sp³-hybridized carbons (Fsp3) is 0.857. The number of carbonyl (C=O) groups excluding carboxylic acids is 1. The Morgan fingerprint density at radius 3 is 2.43 bits per heavy atom. The first-order valence-corrected chi connectivity index (χ1v) is 7.72. The average Bonchev–Trinajstić information content (AvgIpc) is 2.48. The summed E-state index contributed by atoms with van der Waals surface area (Å²) in [6.45, 7) is 5.76. The van der Waals surface area contributed by atoms with Crippen LogP contribution in [0.1, 0.15) is 25.7 Å². The van der Waals surface area contributed by atoms with Crippen molar-refractivity contribution in [2.75, 3.05) is 45.9 Å². The number of rotatable bonds is 5. The van der Waals surface area contributed by atoms with E-state index in [1.165, 1.54) is 0 Å². The molecule has 0 unspecified atom stereocenters. The predicted molar refractivity (Wildman–Crippen MR) is 77.3 cm³/mol. The van der Waals surface area contributed by atoms with Crippen LogP contribution >= 0.6 is 0 Å². The molecule has 0 aromatic rings. The summed E-state index contributed by atoms with van der Waals surface area (Å²) >= 11 is 0. The molecule has 2 aliphatic rings. The summed E-state index contributed by atoms with van der Waals surface area (Å²) in [5.74, 6) is 0.192. The van der Waals surface area contributed by atoms with Crippen LogP contribution in [0.4, 0.5) is 4.79 Å². The Hall–Kier alpha value is -1.34. The summed E-state index contributed by atoms with van der Waals surface area (Å²) in [7, 11) is 0. The first kappa shape index (κ1) is 16.0. The minimum atomic E-state index is -0.981. The second kappa shape index (κ2) is 8.19. The summed E-state index contributed by atoms with van der Waals surface area (Å²) in [5.41, 5.74) is 0. The highest BCUT2D eigenvalue weighted by Gasteiger charge is 2.23.